The lowest BCUT2D eigenvalue weighted by molar-refractivity contribution is 0.102. The van der Waals surface area contributed by atoms with Crippen LogP contribution in [0.3, 0.4) is 0 Å². The van der Waals surface area contributed by atoms with Crippen LogP contribution in [0.15, 0.2) is 71.6 Å². The molecule has 3 rings (SSSR count). The van der Waals surface area contributed by atoms with Crippen LogP contribution in [0.4, 0.5) is 5.69 Å². The van der Waals surface area contributed by atoms with Gasteiger partial charge in [-0.25, -0.2) is 12.7 Å². The molecule has 0 aromatic heterocycles. The molecule has 31 heavy (non-hydrogen) atoms. The minimum Gasteiger partial charge on any atom is -0.489 e. The molecule has 0 aliphatic carbocycles. The summed E-state index contributed by atoms with van der Waals surface area (Å²) in [7, 11) is -0.491. The van der Waals surface area contributed by atoms with E-state index in [9.17, 15) is 13.2 Å². The zero-order valence-corrected chi connectivity index (χ0v) is 19.1. The van der Waals surface area contributed by atoms with Crippen molar-refractivity contribution in [2.24, 2.45) is 0 Å². The number of nitrogens with one attached hydrogen (secondary N) is 1. The molecule has 0 aliphatic rings. The third kappa shape index (κ3) is 5.77. The second kappa shape index (κ2) is 9.70. The first-order valence-electron chi connectivity index (χ1n) is 9.17. The monoisotopic (exact) mass is 478 g/mol. The van der Waals surface area contributed by atoms with E-state index in [0.29, 0.717) is 27.0 Å². The van der Waals surface area contributed by atoms with E-state index < -0.39 is 10.0 Å². The molecule has 3 aromatic rings. The average molecular weight is 479 g/mol. The van der Waals surface area contributed by atoms with E-state index in [-0.39, 0.29) is 17.4 Å². The van der Waals surface area contributed by atoms with Gasteiger partial charge < -0.3 is 10.1 Å². The number of halogens is 2. The van der Waals surface area contributed by atoms with E-state index >= 15 is 0 Å². The molecular weight excluding hydrogens is 459 g/mol. The maximum absolute atomic E-state index is 12.4. The van der Waals surface area contributed by atoms with Gasteiger partial charge in [0, 0.05) is 24.7 Å². The summed E-state index contributed by atoms with van der Waals surface area (Å²) in [6.45, 7) is 0.256. The van der Waals surface area contributed by atoms with Gasteiger partial charge in [-0.15, -0.1) is 0 Å². The second-order valence-electron chi connectivity index (χ2n) is 6.82. The van der Waals surface area contributed by atoms with Crippen LogP contribution in [-0.2, 0) is 16.6 Å². The minimum absolute atomic E-state index is 0.219. The van der Waals surface area contributed by atoms with Gasteiger partial charge in [0.05, 0.1) is 15.6 Å². The zero-order valence-electron chi connectivity index (χ0n) is 16.8. The fraction of sp³-hybridized carbons (Fsp3) is 0.136. The van der Waals surface area contributed by atoms with E-state index in [1.165, 1.54) is 14.1 Å². The van der Waals surface area contributed by atoms with Crippen LogP contribution in [0.25, 0.3) is 0 Å². The molecule has 6 nitrogen and oxygen atoms in total. The summed E-state index contributed by atoms with van der Waals surface area (Å²) in [6, 6.07) is 17.9. The van der Waals surface area contributed by atoms with E-state index in [2.05, 4.69) is 5.32 Å². The minimum atomic E-state index is -3.46. The van der Waals surface area contributed by atoms with Crippen molar-refractivity contribution in [3.8, 4) is 5.75 Å². The van der Waals surface area contributed by atoms with Crippen LogP contribution >= 0.6 is 23.2 Å². The van der Waals surface area contributed by atoms with Crippen LogP contribution in [0.2, 0.25) is 10.0 Å². The largest absolute Gasteiger partial charge is 0.489 e. The Morgan fingerprint density at radius 3 is 2.23 bits per heavy atom. The summed E-state index contributed by atoms with van der Waals surface area (Å²) < 4.78 is 31.1. The Bertz CT molecular complexity index is 1180. The smallest absolute Gasteiger partial charge is 0.255 e. The van der Waals surface area contributed by atoms with Crippen LogP contribution in [0.5, 0.6) is 5.75 Å². The Balaban J connectivity index is 1.60. The Morgan fingerprint density at radius 1 is 0.968 bits per heavy atom. The lowest BCUT2D eigenvalue weighted by atomic mass is 10.2. The number of hydrogen-bond acceptors (Lipinski definition) is 4. The van der Waals surface area contributed by atoms with Gasteiger partial charge in [0.2, 0.25) is 10.0 Å². The molecule has 0 spiro atoms. The first kappa shape index (κ1) is 23.1. The van der Waals surface area contributed by atoms with Crippen LogP contribution in [0, 0.1) is 0 Å². The van der Waals surface area contributed by atoms with Crippen molar-refractivity contribution in [3.63, 3.8) is 0 Å². The van der Waals surface area contributed by atoms with Crippen LogP contribution in [-0.4, -0.2) is 32.7 Å². The zero-order chi connectivity index (χ0) is 22.6. The maximum Gasteiger partial charge on any atom is 0.255 e. The number of sulfonamides is 1. The predicted molar refractivity (Wildman–Crippen MR) is 123 cm³/mol. The number of carbonyl (C=O) groups excluding carboxylic acids is 1. The van der Waals surface area contributed by atoms with Crippen molar-refractivity contribution in [2.45, 2.75) is 11.5 Å². The van der Waals surface area contributed by atoms with E-state index in [4.69, 9.17) is 27.9 Å². The highest BCUT2D eigenvalue weighted by Gasteiger charge is 2.16. The number of anilines is 1. The van der Waals surface area contributed by atoms with Gasteiger partial charge in [-0.3, -0.25) is 4.79 Å². The molecule has 0 heterocycles. The van der Waals surface area contributed by atoms with Gasteiger partial charge in [0.15, 0.2) is 0 Å². The summed E-state index contributed by atoms with van der Waals surface area (Å²) >= 11 is 12.0. The molecule has 0 aliphatic heterocycles. The van der Waals surface area contributed by atoms with Gasteiger partial charge in [0.1, 0.15) is 12.4 Å². The molecular formula is C22H20Cl2N2O4S. The van der Waals surface area contributed by atoms with Crippen molar-refractivity contribution in [1.29, 1.82) is 0 Å². The Kier molecular flexibility index (Phi) is 7.23. The normalized spacial score (nSPS) is 11.4. The molecule has 0 atom stereocenters. The van der Waals surface area contributed by atoms with E-state index in [1.807, 2.05) is 0 Å². The Labute approximate surface area is 191 Å². The fourth-order valence-corrected chi connectivity index (χ4v) is 3.86. The number of rotatable bonds is 7. The summed E-state index contributed by atoms with van der Waals surface area (Å²) in [4.78, 5) is 12.6. The molecule has 0 radical (unpaired) electrons. The average Bonchev–Trinajstić information content (AvgIpc) is 2.75. The van der Waals surface area contributed by atoms with Crippen molar-refractivity contribution in [1.82, 2.24) is 4.31 Å². The summed E-state index contributed by atoms with van der Waals surface area (Å²) in [5.41, 5.74) is 1.68. The van der Waals surface area contributed by atoms with Crippen LogP contribution < -0.4 is 10.1 Å². The van der Waals surface area contributed by atoms with Crippen molar-refractivity contribution < 1.29 is 17.9 Å². The highest BCUT2D eigenvalue weighted by Crippen LogP contribution is 2.26. The SMILES string of the molecule is CN(C)S(=O)(=O)c1ccc(COc2ccc(C(=O)Nc3cc(Cl)ccc3Cl)cc2)cc1. The van der Waals surface area contributed by atoms with Crippen molar-refractivity contribution in [3.05, 3.63) is 87.9 Å². The number of ether oxygens (including phenoxy) is 1. The van der Waals surface area contributed by atoms with Gasteiger partial charge in [-0.05, 0) is 60.2 Å². The standard InChI is InChI=1S/C22H20Cl2N2O4S/c1-26(2)31(28,29)19-10-3-15(4-11-19)14-30-18-8-5-16(6-9-18)22(27)25-21-13-17(23)7-12-20(21)24/h3-13H,14H2,1-2H3,(H,25,27). The Hall–Kier alpha value is -2.58. The highest BCUT2D eigenvalue weighted by molar-refractivity contribution is 7.89. The predicted octanol–water partition coefficient (Wildman–Crippen LogP) is 5.08. The topological polar surface area (TPSA) is 75.7 Å². The molecule has 0 bridgehead atoms. The van der Waals surface area contributed by atoms with Gasteiger partial charge in [0.25, 0.3) is 5.91 Å². The van der Waals surface area contributed by atoms with Gasteiger partial charge in [-0.1, -0.05) is 35.3 Å². The van der Waals surface area contributed by atoms with E-state index in [1.54, 1.807) is 66.7 Å². The van der Waals surface area contributed by atoms with Gasteiger partial charge in [-0.2, -0.15) is 0 Å². The van der Waals surface area contributed by atoms with Crippen molar-refractivity contribution >= 4 is 44.8 Å². The number of carbonyl (C=O) groups is 1. The molecule has 0 unspecified atom stereocenters. The number of amides is 1. The summed E-state index contributed by atoms with van der Waals surface area (Å²) in [5.74, 6) is 0.246. The van der Waals surface area contributed by atoms with Crippen molar-refractivity contribution in [2.75, 3.05) is 19.4 Å². The first-order chi connectivity index (χ1) is 14.7. The third-order valence-electron chi connectivity index (χ3n) is 4.40. The lowest BCUT2D eigenvalue weighted by Gasteiger charge is -2.12. The number of nitrogens with zero attached hydrogens (tertiary/aromatic N) is 1. The summed E-state index contributed by atoms with van der Waals surface area (Å²) in [6.07, 6.45) is 0. The Morgan fingerprint density at radius 2 is 1.61 bits per heavy atom. The van der Waals surface area contributed by atoms with E-state index in [0.717, 1.165) is 9.87 Å². The molecule has 0 saturated heterocycles. The molecule has 162 valence electrons. The highest BCUT2D eigenvalue weighted by atomic mass is 35.5. The quantitative estimate of drug-likeness (QED) is 0.513. The van der Waals surface area contributed by atoms with Crippen LogP contribution in [0.1, 0.15) is 15.9 Å². The third-order valence-corrected chi connectivity index (χ3v) is 6.79. The van der Waals surface area contributed by atoms with Gasteiger partial charge >= 0.3 is 0 Å². The number of hydrogen-bond donors (Lipinski definition) is 1. The molecule has 0 saturated carbocycles. The maximum atomic E-state index is 12.4. The first-order valence-corrected chi connectivity index (χ1v) is 11.4. The number of benzene rings is 3. The summed E-state index contributed by atoms with van der Waals surface area (Å²) in [5, 5.41) is 3.58. The molecule has 3 aromatic carbocycles. The molecule has 9 heteroatoms. The second-order valence-corrected chi connectivity index (χ2v) is 9.82. The molecule has 0 fully saturated rings. The molecule has 1 N–H and O–H groups in total. The lowest BCUT2D eigenvalue weighted by Crippen LogP contribution is -2.22. The fourth-order valence-electron chi connectivity index (χ4n) is 2.63. The molecule has 1 amide bonds.